The lowest BCUT2D eigenvalue weighted by molar-refractivity contribution is 0.314. The Hall–Kier alpha value is -1.10. The van der Waals surface area contributed by atoms with Crippen molar-refractivity contribution in [2.45, 2.75) is 25.0 Å². The molecule has 5 heteroatoms. The lowest BCUT2D eigenvalue weighted by atomic mass is 10.0. The lowest BCUT2D eigenvalue weighted by Crippen LogP contribution is -2.07. The molecule has 0 N–H and O–H groups in total. The lowest BCUT2D eigenvalue weighted by Gasteiger charge is -2.14. The summed E-state index contributed by atoms with van der Waals surface area (Å²) in [5.41, 5.74) is 1.29. The van der Waals surface area contributed by atoms with Crippen molar-refractivity contribution in [3.8, 4) is 5.75 Å². The average Bonchev–Trinajstić information content (AvgIpc) is 2.39. The van der Waals surface area contributed by atoms with Crippen molar-refractivity contribution < 1.29 is 17.0 Å². The summed E-state index contributed by atoms with van der Waals surface area (Å²) >= 11 is 0. The Balaban J connectivity index is 2.58. The van der Waals surface area contributed by atoms with Crippen molar-refractivity contribution in [1.82, 2.24) is 0 Å². The second kappa shape index (κ2) is 4.05. The fraction of sp³-hybridized carbons (Fsp3) is 0.455. The van der Waals surface area contributed by atoms with Gasteiger partial charge < -0.3 is 4.74 Å². The first-order valence-corrected chi connectivity index (χ1v) is 6.60. The van der Waals surface area contributed by atoms with Gasteiger partial charge in [0, 0.05) is 5.56 Å². The highest BCUT2D eigenvalue weighted by Gasteiger charge is 2.31. The first-order valence-electron chi connectivity index (χ1n) is 5.16. The number of hydrogen-bond acceptors (Lipinski definition) is 3. The summed E-state index contributed by atoms with van der Waals surface area (Å²) < 4.78 is 40.8. The summed E-state index contributed by atoms with van der Waals surface area (Å²) in [7, 11) is -4.56. The van der Waals surface area contributed by atoms with Crippen LogP contribution in [-0.2, 0) is 10.2 Å². The van der Waals surface area contributed by atoms with Gasteiger partial charge in [0.15, 0.2) is 0 Å². The normalized spacial score (nSPS) is 20.8. The Morgan fingerprint density at radius 2 is 2.19 bits per heavy atom. The van der Waals surface area contributed by atoms with Gasteiger partial charge in [-0.2, -0.15) is 8.42 Å². The van der Waals surface area contributed by atoms with E-state index in [1.54, 1.807) is 12.1 Å². The molecule has 16 heavy (non-hydrogen) atoms. The first kappa shape index (κ1) is 11.4. The van der Waals surface area contributed by atoms with Crippen LogP contribution in [-0.4, -0.2) is 15.0 Å². The Morgan fingerprint density at radius 3 is 2.88 bits per heavy atom. The zero-order valence-electron chi connectivity index (χ0n) is 8.94. The minimum atomic E-state index is -4.56. The number of benzene rings is 1. The van der Waals surface area contributed by atoms with Gasteiger partial charge in [0.05, 0.1) is 6.61 Å². The predicted octanol–water partition coefficient (Wildman–Crippen LogP) is 2.51. The number of fused-ring (bicyclic) bond motifs is 1. The smallest absolute Gasteiger partial charge is 0.309 e. The van der Waals surface area contributed by atoms with Gasteiger partial charge in [-0.1, -0.05) is 18.2 Å². The van der Waals surface area contributed by atoms with Crippen molar-refractivity contribution in [2.24, 2.45) is 0 Å². The van der Waals surface area contributed by atoms with Crippen LogP contribution in [0.15, 0.2) is 18.2 Å². The number of para-hydroxylation sites is 1. The molecule has 0 fully saturated rings. The van der Waals surface area contributed by atoms with E-state index in [0.717, 1.165) is 5.56 Å². The van der Waals surface area contributed by atoms with Crippen LogP contribution in [0.3, 0.4) is 0 Å². The van der Waals surface area contributed by atoms with Crippen molar-refractivity contribution in [1.29, 1.82) is 0 Å². The standard InChI is InChI=1S/C11H13FO3S/c1-8-4-2-5-9-10(16(12,13)14)6-3-7-15-11(8)9/h2,4-5,10H,3,6-7H2,1H3. The molecular formula is C11H13FO3S. The number of rotatable bonds is 1. The highest BCUT2D eigenvalue weighted by molar-refractivity contribution is 7.86. The summed E-state index contributed by atoms with van der Waals surface area (Å²) in [4.78, 5) is 0. The van der Waals surface area contributed by atoms with Crippen molar-refractivity contribution in [3.63, 3.8) is 0 Å². The van der Waals surface area contributed by atoms with E-state index in [4.69, 9.17) is 4.74 Å². The summed E-state index contributed by atoms with van der Waals surface area (Å²) in [6.45, 7) is 2.26. The van der Waals surface area contributed by atoms with Crippen molar-refractivity contribution >= 4 is 10.2 Å². The summed E-state index contributed by atoms with van der Waals surface area (Å²) in [6, 6.07) is 5.17. The fourth-order valence-corrected chi connectivity index (χ4v) is 2.95. The molecule has 0 amide bonds. The molecule has 0 spiro atoms. The topological polar surface area (TPSA) is 43.4 Å². The van der Waals surface area contributed by atoms with Gasteiger partial charge in [0.2, 0.25) is 0 Å². The molecule has 1 heterocycles. The molecule has 2 rings (SSSR count). The first-order chi connectivity index (χ1) is 7.50. The number of ether oxygens (including phenoxy) is 1. The number of aryl methyl sites for hydroxylation is 1. The van der Waals surface area contributed by atoms with E-state index in [9.17, 15) is 12.3 Å². The molecule has 1 unspecified atom stereocenters. The van der Waals surface area contributed by atoms with Crippen LogP contribution < -0.4 is 4.74 Å². The van der Waals surface area contributed by atoms with Crippen LogP contribution in [0, 0.1) is 6.92 Å². The van der Waals surface area contributed by atoms with E-state index < -0.39 is 15.5 Å². The molecule has 0 saturated heterocycles. The molecule has 1 aromatic carbocycles. The minimum absolute atomic E-state index is 0.273. The molecule has 0 bridgehead atoms. The molecule has 0 aliphatic carbocycles. The van der Waals surface area contributed by atoms with Gasteiger partial charge in [0.1, 0.15) is 11.0 Å². The predicted molar refractivity (Wildman–Crippen MR) is 58.7 cm³/mol. The van der Waals surface area contributed by atoms with E-state index in [-0.39, 0.29) is 6.42 Å². The summed E-state index contributed by atoms with van der Waals surface area (Å²) in [5, 5.41) is -1.08. The van der Waals surface area contributed by atoms with Crippen LogP contribution in [0.5, 0.6) is 5.75 Å². The van der Waals surface area contributed by atoms with E-state index >= 15 is 0 Å². The van der Waals surface area contributed by atoms with Gasteiger partial charge in [-0.25, -0.2) is 0 Å². The Kier molecular flexibility index (Phi) is 2.88. The third-order valence-corrected chi connectivity index (χ3v) is 3.96. The largest absolute Gasteiger partial charge is 0.493 e. The molecule has 1 atom stereocenters. The van der Waals surface area contributed by atoms with E-state index in [0.29, 0.717) is 24.3 Å². The second-order valence-corrected chi connectivity index (χ2v) is 5.47. The van der Waals surface area contributed by atoms with Crippen LogP contribution in [0.2, 0.25) is 0 Å². The highest BCUT2D eigenvalue weighted by atomic mass is 32.3. The maximum Gasteiger partial charge on any atom is 0.309 e. The van der Waals surface area contributed by atoms with Gasteiger partial charge >= 0.3 is 10.2 Å². The molecule has 1 aliphatic rings. The molecular weight excluding hydrogens is 231 g/mol. The number of hydrogen-bond donors (Lipinski definition) is 0. The van der Waals surface area contributed by atoms with Crippen molar-refractivity contribution in [2.75, 3.05) is 6.61 Å². The quantitative estimate of drug-likeness (QED) is 0.713. The van der Waals surface area contributed by atoms with Crippen LogP contribution >= 0.6 is 0 Å². The summed E-state index contributed by atoms with van der Waals surface area (Å²) in [6.07, 6.45) is 0.817. The van der Waals surface area contributed by atoms with Gasteiger partial charge in [-0.15, -0.1) is 3.89 Å². The van der Waals surface area contributed by atoms with Gasteiger partial charge in [-0.05, 0) is 25.3 Å². The monoisotopic (exact) mass is 244 g/mol. The van der Waals surface area contributed by atoms with E-state index in [1.165, 1.54) is 0 Å². The minimum Gasteiger partial charge on any atom is -0.493 e. The van der Waals surface area contributed by atoms with Crippen LogP contribution in [0.1, 0.15) is 29.2 Å². The van der Waals surface area contributed by atoms with Crippen LogP contribution in [0.4, 0.5) is 3.89 Å². The summed E-state index contributed by atoms with van der Waals surface area (Å²) in [5.74, 6) is 0.520. The Bertz CT molecular complexity index is 496. The Labute approximate surface area is 94.5 Å². The zero-order chi connectivity index (χ0) is 11.8. The van der Waals surface area contributed by atoms with Crippen molar-refractivity contribution in [3.05, 3.63) is 29.3 Å². The molecule has 0 saturated carbocycles. The molecule has 3 nitrogen and oxygen atoms in total. The molecule has 0 aromatic heterocycles. The Morgan fingerprint density at radius 1 is 1.44 bits per heavy atom. The SMILES string of the molecule is Cc1cccc2c1OCCCC2S(=O)(=O)F. The second-order valence-electron chi connectivity index (χ2n) is 3.95. The molecule has 0 radical (unpaired) electrons. The van der Waals surface area contributed by atoms with E-state index in [2.05, 4.69) is 0 Å². The van der Waals surface area contributed by atoms with E-state index in [1.807, 2.05) is 13.0 Å². The molecule has 1 aliphatic heterocycles. The maximum absolute atomic E-state index is 13.2. The third-order valence-electron chi connectivity index (χ3n) is 2.79. The van der Waals surface area contributed by atoms with Crippen LogP contribution in [0.25, 0.3) is 0 Å². The fourth-order valence-electron chi connectivity index (χ4n) is 2.02. The molecule has 1 aromatic rings. The maximum atomic E-state index is 13.2. The third kappa shape index (κ3) is 2.04. The number of halogens is 1. The van der Waals surface area contributed by atoms with Gasteiger partial charge in [-0.3, -0.25) is 0 Å². The average molecular weight is 244 g/mol. The highest BCUT2D eigenvalue weighted by Crippen LogP contribution is 2.39. The van der Waals surface area contributed by atoms with Gasteiger partial charge in [0.25, 0.3) is 0 Å². The zero-order valence-corrected chi connectivity index (χ0v) is 9.76. The molecule has 88 valence electrons.